The average molecular weight is 472 g/mol. The monoisotopic (exact) mass is 471 g/mol. The van der Waals surface area contributed by atoms with Crippen LogP contribution in [0.1, 0.15) is 27.0 Å². The van der Waals surface area contributed by atoms with E-state index in [0.717, 1.165) is 59.2 Å². The van der Waals surface area contributed by atoms with Crippen molar-refractivity contribution in [2.24, 2.45) is 0 Å². The van der Waals surface area contributed by atoms with E-state index in [9.17, 15) is 4.79 Å². The fourth-order valence-corrected chi connectivity index (χ4v) is 5.24. The maximum absolute atomic E-state index is 12.9. The number of carbonyl (C=O) groups is 1. The first-order chi connectivity index (χ1) is 16.6. The van der Waals surface area contributed by atoms with Gasteiger partial charge in [0, 0.05) is 43.7 Å². The van der Waals surface area contributed by atoms with Crippen LogP contribution < -0.4 is 0 Å². The van der Waals surface area contributed by atoms with Crippen molar-refractivity contribution < 1.29 is 4.79 Å². The summed E-state index contributed by atoms with van der Waals surface area (Å²) in [4.78, 5) is 26.3. The molecule has 4 aromatic rings. The fraction of sp³-hybridized carbons (Fsp3) is 0.296. The topological polar surface area (TPSA) is 54.3 Å². The van der Waals surface area contributed by atoms with Gasteiger partial charge in [0.1, 0.15) is 0 Å². The number of aryl methyl sites for hydroxylation is 1. The van der Waals surface area contributed by atoms with Gasteiger partial charge in [0.25, 0.3) is 5.91 Å². The van der Waals surface area contributed by atoms with Crippen LogP contribution in [0.3, 0.4) is 0 Å². The number of fused-ring (bicyclic) bond motifs is 1. The lowest BCUT2D eigenvalue weighted by atomic mass is 10.1. The molecule has 3 heterocycles. The minimum atomic E-state index is 0.117. The van der Waals surface area contributed by atoms with Gasteiger partial charge in [-0.15, -0.1) is 0 Å². The van der Waals surface area contributed by atoms with Crippen molar-refractivity contribution in [3.8, 4) is 0 Å². The molecular weight excluding hydrogens is 442 g/mol. The first kappa shape index (κ1) is 22.6. The minimum absolute atomic E-state index is 0.117. The van der Waals surface area contributed by atoms with Gasteiger partial charge in [-0.2, -0.15) is 0 Å². The lowest BCUT2D eigenvalue weighted by Crippen LogP contribution is -2.47. The smallest absolute Gasteiger partial charge is 0.253 e. The molecule has 0 saturated carbocycles. The highest BCUT2D eigenvalue weighted by atomic mass is 32.2. The zero-order valence-electron chi connectivity index (χ0n) is 19.6. The number of piperazine rings is 1. The van der Waals surface area contributed by atoms with Crippen molar-refractivity contribution in [2.75, 3.05) is 33.2 Å². The normalized spacial score (nSPS) is 14.6. The van der Waals surface area contributed by atoms with Crippen LogP contribution in [0.4, 0.5) is 0 Å². The second kappa shape index (κ2) is 9.99. The van der Waals surface area contributed by atoms with Gasteiger partial charge in [0.2, 0.25) is 0 Å². The quantitative estimate of drug-likeness (QED) is 0.389. The second-order valence-corrected chi connectivity index (χ2v) is 9.86. The Kier molecular flexibility index (Phi) is 6.65. The van der Waals surface area contributed by atoms with E-state index in [1.54, 1.807) is 18.0 Å². The Morgan fingerprint density at radius 3 is 2.56 bits per heavy atom. The maximum Gasteiger partial charge on any atom is 0.253 e. The Bertz CT molecular complexity index is 1290. The highest BCUT2D eigenvalue weighted by Gasteiger charge is 2.20. The van der Waals surface area contributed by atoms with Crippen LogP contribution >= 0.6 is 11.8 Å². The van der Waals surface area contributed by atoms with Gasteiger partial charge >= 0.3 is 0 Å². The van der Waals surface area contributed by atoms with E-state index < -0.39 is 0 Å². The Labute approximate surface area is 204 Å². The van der Waals surface area contributed by atoms with Crippen LogP contribution in [0.2, 0.25) is 0 Å². The van der Waals surface area contributed by atoms with E-state index in [4.69, 9.17) is 4.98 Å². The number of carbonyl (C=O) groups excluding carboxylic acids is 1. The molecule has 0 atom stereocenters. The number of hydrogen-bond donors (Lipinski definition) is 0. The molecule has 0 bridgehead atoms. The molecule has 0 radical (unpaired) electrons. The minimum Gasteiger partial charge on any atom is -0.336 e. The summed E-state index contributed by atoms with van der Waals surface area (Å²) in [5, 5.41) is 0.974. The number of rotatable bonds is 6. The van der Waals surface area contributed by atoms with E-state index in [0.29, 0.717) is 6.54 Å². The Hall–Kier alpha value is -3.16. The van der Waals surface area contributed by atoms with Gasteiger partial charge in [-0.25, -0.2) is 4.98 Å². The van der Waals surface area contributed by atoms with Crippen LogP contribution in [0.25, 0.3) is 11.0 Å². The third-order valence-corrected chi connectivity index (χ3v) is 7.35. The lowest BCUT2D eigenvalue weighted by molar-refractivity contribution is 0.0664. The summed E-state index contributed by atoms with van der Waals surface area (Å²) in [6, 6.07) is 18.6. The van der Waals surface area contributed by atoms with Crippen molar-refractivity contribution >= 4 is 28.7 Å². The van der Waals surface area contributed by atoms with Gasteiger partial charge in [0.15, 0.2) is 5.16 Å². The van der Waals surface area contributed by atoms with Gasteiger partial charge in [0.05, 0.1) is 23.8 Å². The van der Waals surface area contributed by atoms with Crippen LogP contribution in [-0.2, 0) is 12.3 Å². The molecule has 5 rings (SSSR count). The van der Waals surface area contributed by atoms with E-state index in [-0.39, 0.29) is 5.91 Å². The molecule has 174 valence electrons. The number of likely N-dealkylation sites (N-methyl/N-ethyl adjacent to an activating group) is 1. The molecule has 6 nitrogen and oxygen atoms in total. The summed E-state index contributed by atoms with van der Waals surface area (Å²) in [5.41, 5.74) is 6.40. The molecule has 0 N–H and O–H groups in total. The molecule has 34 heavy (non-hydrogen) atoms. The molecule has 1 fully saturated rings. The van der Waals surface area contributed by atoms with Crippen LogP contribution in [0, 0.1) is 6.92 Å². The maximum atomic E-state index is 12.9. The molecule has 1 saturated heterocycles. The lowest BCUT2D eigenvalue weighted by Gasteiger charge is -2.32. The van der Waals surface area contributed by atoms with Crippen LogP contribution in [-0.4, -0.2) is 63.5 Å². The Morgan fingerprint density at radius 2 is 1.79 bits per heavy atom. The summed E-state index contributed by atoms with van der Waals surface area (Å²) in [5.74, 6) is 0.975. The largest absolute Gasteiger partial charge is 0.336 e. The number of aromatic nitrogens is 3. The van der Waals surface area contributed by atoms with Crippen LogP contribution in [0.5, 0.6) is 0 Å². The summed E-state index contributed by atoms with van der Waals surface area (Å²) in [7, 11) is 2.10. The SMILES string of the molecule is Cc1cccc(CSc2nc3ccncc3n2Cc2ccc(C(=O)N3CCN(C)CC3)cc2)c1. The molecule has 2 aromatic heterocycles. The number of hydrogen-bond acceptors (Lipinski definition) is 5. The van der Waals surface area contributed by atoms with Crippen molar-refractivity contribution in [3.63, 3.8) is 0 Å². The number of benzene rings is 2. The second-order valence-electron chi connectivity index (χ2n) is 8.92. The predicted molar refractivity (Wildman–Crippen MR) is 137 cm³/mol. The van der Waals surface area contributed by atoms with Crippen molar-refractivity contribution in [1.29, 1.82) is 0 Å². The number of pyridine rings is 1. The zero-order valence-corrected chi connectivity index (χ0v) is 20.5. The number of amides is 1. The van der Waals surface area contributed by atoms with Crippen LogP contribution in [0.15, 0.2) is 72.1 Å². The fourth-order valence-electron chi connectivity index (χ4n) is 4.29. The Balaban J connectivity index is 1.34. The standard InChI is InChI=1S/C27H29N5OS/c1-20-4-3-5-22(16-20)19-34-27-29-24-10-11-28-17-25(24)32(27)18-21-6-8-23(9-7-21)26(33)31-14-12-30(2)13-15-31/h3-11,16-17H,12-15,18-19H2,1-2H3. The van der Waals surface area contributed by atoms with E-state index in [1.807, 2.05) is 29.3 Å². The molecular formula is C27H29N5OS. The molecule has 1 amide bonds. The first-order valence-electron chi connectivity index (χ1n) is 11.6. The molecule has 1 aliphatic rings. The molecule has 2 aromatic carbocycles. The molecule has 0 unspecified atom stereocenters. The van der Waals surface area contributed by atoms with Gasteiger partial charge in [-0.05, 0) is 43.3 Å². The highest BCUT2D eigenvalue weighted by molar-refractivity contribution is 7.98. The number of nitrogens with zero attached hydrogens (tertiary/aromatic N) is 5. The van der Waals surface area contributed by atoms with Crippen molar-refractivity contribution in [1.82, 2.24) is 24.3 Å². The Morgan fingerprint density at radius 1 is 1.00 bits per heavy atom. The molecule has 1 aliphatic heterocycles. The molecule has 0 aliphatic carbocycles. The first-order valence-corrected chi connectivity index (χ1v) is 12.6. The highest BCUT2D eigenvalue weighted by Crippen LogP contribution is 2.27. The van der Waals surface area contributed by atoms with Crippen molar-refractivity contribution in [3.05, 3.63) is 89.2 Å². The average Bonchev–Trinajstić information content (AvgIpc) is 3.20. The third-order valence-electron chi connectivity index (χ3n) is 6.30. The van der Waals surface area contributed by atoms with E-state index in [2.05, 4.69) is 64.8 Å². The summed E-state index contributed by atoms with van der Waals surface area (Å²) < 4.78 is 2.22. The predicted octanol–water partition coefficient (Wildman–Crippen LogP) is 4.47. The zero-order chi connectivity index (χ0) is 23.5. The summed E-state index contributed by atoms with van der Waals surface area (Å²) in [6.45, 7) is 6.22. The van der Waals surface area contributed by atoms with Gasteiger partial charge in [-0.3, -0.25) is 9.78 Å². The third kappa shape index (κ3) is 5.00. The van der Waals surface area contributed by atoms with E-state index >= 15 is 0 Å². The number of thioether (sulfide) groups is 1. The molecule has 7 heteroatoms. The molecule has 0 spiro atoms. The summed E-state index contributed by atoms with van der Waals surface area (Å²) in [6.07, 6.45) is 3.66. The van der Waals surface area contributed by atoms with Gasteiger partial charge in [-0.1, -0.05) is 53.7 Å². The summed E-state index contributed by atoms with van der Waals surface area (Å²) >= 11 is 1.74. The number of imidazole rings is 1. The van der Waals surface area contributed by atoms with E-state index in [1.165, 1.54) is 11.1 Å². The van der Waals surface area contributed by atoms with Gasteiger partial charge < -0.3 is 14.4 Å². The van der Waals surface area contributed by atoms with Crippen molar-refractivity contribution in [2.45, 2.75) is 24.4 Å².